The average molecular weight is 335 g/mol. The molecule has 0 fully saturated rings. The lowest BCUT2D eigenvalue weighted by Gasteiger charge is -2.17. The number of hydrogen-bond donors (Lipinski definition) is 1. The average Bonchev–Trinajstić information content (AvgIpc) is 2.29. The Morgan fingerprint density at radius 1 is 1.56 bits per heavy atom. The van der Waals surface area contributed by atoms with Crippen LogP contribution in [0.5, 0.6) is 0 Å². The van der Waals surface area contributed by atoms with Crippen molar-refractivity contribution in [3.8, 4) is 0 Å². The summed E-state index contributed by atoms with van der Waals surface area (Å²) in [6.07, 6.45) is 0.685. The highest BCUT2D eigenvalue weighted by Crippen LogP contribution is 2.18. The van der Waals surface area contributed by atoms with Crippen LogP contribution in [0, 0.1) is 6.92 Å². The molecule has 0 heterocycles. The van der Waals surface area contributed by atoms with Gasteiger partial charge in [0.05, 0.1) is 18.2 Å². The minimum Gasteiger partial charge on any atom is -0.383 e. The molecular weight excluding hydrogens is 318 g/mol. The van der Waals surface area contributed by atoms with Crippen LogP contribution in [0.15, 0.2) is 22.7 Å². The van der Waals surface area contributed by atoms with Crippen molar-refractivity contribution in [2.75, 3.05) is 19.6 Å². The van der Waals surface area contributed by atoms with E-state index in [-0.39, 0.29) is 11.9 Å². The Balaban J connectivity index is 2.73. The number of methoxy groups -OCH3 is 1. The number of benzene rings is 1. The van der Waals surface area contributed by atoms with Crippen LogP contribution >= 0.6 is 27.5 Å². The van der Waals surface area contributed by atoms with Crippen molar-refractivity contribution >= 4 is 33.4 Å². The molecule has 18 heavy (non-hydrogen) atoms. The van der Waals surface area contributed by atoms with Gasteiger partial charge < -0.3 is 10.1 Å². The molecule has 0 saturated heterocycles. The molecular formula is C13H17BrClNO2. The van der Waals surface area contributed by atoms with Gasteiger partial charge in [-0.25, -0.2) is 0 Å². The Labute approximate surface area is 121 Å². The van der Waals surface area contributed by atoms with Crippen molar-refractivity contribution in [3.63, 3.8) is 0 Å². The minimum absolute atomic E-state index is 0.0618. The molecule has 1 aromatic rings. The maximum absolute atomic E-state index is 12.1. The summed E-state index contributed by atoms with van der Waals surface area (Å²) in [4.78, 5) is 12.1. The number of aryl methyl sites for hydroxylation is 1. The first-order valence-electron chi connectivity index (χ1n) is 5.70. The monoisotopic (exact) mass is 333 g/mol. The van der Waals surface area contributed by atoms with Gasteiger partial charge in [0.1, 0.15) is 0 Å². The van der Waals surface area contributed by atoms with Gasteiger partial charge in [0, 0.05) is 17.5 Å². The van der Waals surface area contributed by atoms with Crippen molar-refractivity contribution in [2.24, 2.45) is 0 Å². The summed E-state index contributed by atoms with van der Waals surface area (Å²) in [6, 6.07) is 5.57. The van der Waals surface area contributed by atoms with Crippen LogP contribution < -0.4 is 5.32 Å². The summed E-state index contributed by atoms with van der Waals surface area (Å²) in [5.41, 5.74) is 1.73. The fraction of sp³-hybridized carbons (Fsp3) is 0.462. The number of carbonyl (C=O) groups excluding carboxylic acids is 1. The second-order valence-electron chi connectivity index (χ2n) is 4.09. The molecule has 1 atom stereocenters. The predicted molar refractivity (Wildman–Crippen MR) is 77.3 cm³/mol. The van der Waals surface area contributed by atoms with Crippen LogP contribution in [-0.2, 0) is 4.74 Å². The van der Waals surface area contributed by atoms with Crippen molar-refractivity contribution in [3.05, 3.63) is 33.8 Å². The number of hydrogen-bond acceptors (Lipinski definition) is 2. The van der Waals surface area contributed by atoms with Crippen LogP contribution in [0.3, 0.4) is 0 Å². The topological polar surface area (TPSA) is 38.3 Å². The van der Waals surface area contributed by atoms with Crippen molar-refractivity contribution in [2.45, 2.75) is 19.4 Å². The van der Waals surface area contributed by atoms with E-state index >= 15 is 0 Å². The minimum atomic E-state index is -0.117. The molecule has 1 aromatic carbocycles. The third-order valence-electron chi connectivity index (χ3n) is 2.53. The zero-order valence-electron chi connectivity index (χ0n) is 10.5. The smallest absolute Gasteiger partial charge is 0.252 e. The highest BCUT2D eigenvalue weighted by Gasteiger charge is 2.15. The number of alkyl halides is 1. The van der Waals surface area contributed by atoms with Gasteiger partial charge in [-0.05, 0) is 47.0 Å². The Kier molecular flexibility index (Phi) is 6.68. The maximum atomic E-state index is 12.1. The molecule has 0 aliphatic heterocycles. The van der Waals surface area contributed by atoms with Crippen LogP contribution in [0.25, 0.3) is 0 Å². The number of amides is 1. The van der Waals surface area contributed by atoms with Crippen LogP contribution in [0.2, 0.25) is 0 Å². The summed E-state index contributed by atoms with van der Waals surface area (Å²) in [6.45, 7) is 2.44. The Morgan fingerprint density at radius 3 is 2.83 bits per heavy atom. The molecule has 3 nitrogen and oxygen atoms in total. The Bertz CT molecular complexity index is 406. The first kappa shape index (κ1) is 15.5. The highest BCUT2D eigenvalue weighted by atomic mass is 79.9. The maximum Gasteiger partial charge on any atom is 0.252 e. The second kappa shape index (κ2) is 7.77. The second-order valence-corrected chi connectivity index (χ2v) is 5.32. The molecule has 100 valence electrons. The van der Waals surface area contributed by atoms with Gasteiger partial charge in [-0.15, -0.1) is 11.6 Å². The third kappa shape index (κ3) is 4.59. The van der Waals surface area contributed by atoms with Gasteiger partial charge in [0.2, 0.25) is 0 Å². The summed E-state index contributed by atoms with van der Waals surface area (Å²) >= 11 is 9.09. The molecule has 0 aliphatic rings. The third-order valence-corrected chi connectivity index (χ3v) is 3.40. The number of nitrogens with one attached hydrogen (secondary N) is 1. The van der Waals surface area contributed by atoms with Gasteiger partial charge in [-0.2, -0.15) is 0 Å². The van der Waals surface area contributed by atoms with Crippen molar-refractivity contribution in [1.82, 2.24) is 5.32 Å². The van der Waals surface area contributed by atoms with E-state index in [4.69, 9.17) is 16.3 Å². The van der Waals surface area contributed by atoms with E-state index in [9.17, 15) is 4.79 Å². The number of carbonyl (C=O) groups is 1. The zero-order valence-corrected chi connectivity index (χ0v) is 12.8. The first-order chi connectivity index (χ1) is 8.58. The van der Waals surface area contributed by atoms with Gasteiger partial charge >= 0.3 is 0 Å². The fourth-order valence-corrected chi connectivity index (χ4v) is 2.53. The molecule has 1 rings (SSSR count). The molecule has 0 radical (unpaired) electrons. The van der Waals surface area contributed by atoms with E-state index in [1.165, 1.54) is 0 Å². The van der Waals surface area contributed by atoms with Crippen LogP contribution in [0.4, 0.5) is 0 Å². The van der Waals surface area contributed by atoms with Gasteiger partial charge in [0.15, 0.2) is 0 Å². The molecule has 0 bridgehead atoms. The molecule has 1 amide bonds. The molecule has 0 saturated carbocycles. The lowest BCUT2D eigenvalue weighted by Crippen LogP contribution is -2.38. The van der Waals surface area contributed by atoms with Crippen LogP contribution in [0.1, 0.15) is 22.3 Å². The SMILES string of the molecule is COCC(CCCl)NC(=O)c1ccc(C)cc1Br. The Morgan fingerprint density at radius 2 is 2.28 bits per heavy atom. The molecule has 0 spiro atoms. The van der Waals surface area contributed by atoms with Crippen molar-refractivity contribution < 1.29 is 9.53 Å². The molecule has 1 N–H and O–H groups in total. The van der Waals surface area contributed by atoms with Gasteiger partial charge in [-0.1, -0.05) is 6.07 Å². The number of rotatable bonds is 6. The fourth-order valence-electron chi connectivity index (χ4n) is 1.60. The van der Waals surface area contributed by atoms with E-state index in [0.717, 1.165) is 10.0 Å². The molecule has 1 unspecified atom stereocenters. The molecule has 0 aliphatic carbocycles. The van der Waals surface area contributed by atoms with Crippen LogP contribution in [-0.4, -0.2) is 31.5 Å². The van der Waals surface area contributed by atoms with Gasteiger partial charge in [-0.3, -0.25) is 4.79 Å². The summed E-state index contributed by atoms with van der Waals surface area (Å²) in [5, 5.41) is 2.92. The summed E-state index contributed by atoms with van der Waals surface area (Å²) in [5.74, 6) is 0.373. The predicted octanol–water partition coefficient (Wildman–Crippen LogP) is 3.13. The number of ether oxygens (including phenoxy) is 1. The highest BCUT2D eigenvalue weighted by molar-refractivity contribution is 9.10. The number of halogens is 2. The van der Waals surface area contributed by atoms with E-state index < -0.39 is 0 Å². The van der Waals surface area contributed by atoms with E-state index in [1.807, 2.05) is 19.1 Å². The first-order valence-corrected chi connectivity index (χ1v) is 7.03. The normalized spacial score (nSPS) is 12.2. The lowest BCUT2D eigenvalue weighted by atomic mass is 10.1. The van der Waals surface area contributed by atoms with E-state index in [2.05, 4.69) is 21.2 Å². The largest absolute Gasteiger partial charge is 0.383 e. The quantitative estimate of drug-likeness (QED) is 0.812. The van der Waals surface area contributed by atoms with Crippen molar-refractivity contribution in [1.29, 1.82) is 0 Å². The zero-order chi connectivity index (χ0) is 13.5. The molecule has 0 aromatic heterocycles. The van der Waals surface area contributed by atoms with E-state index in [0.29, 0.717) is 24.5 Å². The Hall–Kier alpha value is -0.580. The van der Waals surface area contributed by atoms with Gasteiger partial charge in [0.25, 0.3) is 5.91 Å². The molecule has 5 heteroatoms. The summed E-state index contributed by atoms with van der Waals surface area (Å²) < 4.78 is 5.85. The lowest BCUT2D eigenvalue weighted by molar-refractivity contribution is 0.0894. The van der Waals surface area contributed by atoms with E-state index in [1.54, 1.807) is 13.2 Å². The standard InChI is InChI=1S/C13H17BrClNO2/c1-9-3-4-11(12(14)7-9)13(17)16-10(5-6-15)8-18-2/h3-4,7,10H,5-6,8H2,1-2H3,(H,16,17). The summed E-state index contributed by atoms with van der Waals surface area (Å²) in [7, 11) is 1.61.